The van der Waals surface area contributed by atoms with Crippen LogP contribution in [0.2, 0.25) is 0 Å². The van der Waals surface area contributed by atoms with Gasteiger partial charge in [-0.2, -0.15) is 0 Å². The topological polar surface area (TPSA) is 37.3 Å². The van der Waals surface area contributed by atoms with Crippen LogP contribution in [0.1, 0.15) is 46.5 Å². The standard InChI is InChI=1S/C12H19ClO2/c1-4-12(2,3)8-5-6-10(13)9(7-8)11(14)15/h8H,4-7H2,1-3H3,(H,14,15). The van der Waals surface area contributed by atoms with E-state index in [0.29, 0.717) is 22.9 Å². The van der Waals surface area contributed by atoms with Gasteiger partial charge in [-0.25, -0.2) is 4.79 Å². The van der Waals surface area contributed by atoms with Gasteiger partial charge in [-0.1, -0.05) is 38.8 Å². The first-order valence-corrected chi connectivity index (χ1v) is 5.87. The van der Waals surface area contributed by atoms with Gasteiger partial charge in [0.2, 0.25) is 0 Å². The lowest BCUT2D eigenvalue weighted by atomic mass is 9.69. The highest BCUT2D eigenvalue weighted by molar-refractivity contribution is 6.31. The lowest BCUT2D eigenvalue weighted by Gasteiger charge is -2.36. The fourth-order valence-electron chi connectivity index (χ4n) is 2.07. The Morgan fingerprint density at radius 2 is 2.20 bits per heavy atom. The van der Waals surface area contributed by atoms with Crippen LogP contribution in [0.4, 0.5) is 0 Å². The summed E-state index contributed by atoms with van der Waals surface area (Å²) in [5.41, 5.74) is 0.632. The number of carboxylic acid groups (broad SMARTS) is 1. The summed E-state index contributed by atoms with van der Waals surface area (Å²) in [6, 6.07) is 0. The van der Waals surface area contributed by atoms with E-state index in [0.717, 1.165) is 19.3 Å². The van der Waals surface area contributed by atoms with Crippen LogP contribution in [0.25, 0.3) is 0 Å². The number of hydrogen-bond donors (Lipinski definition) is 1. The van der Waals surface area contributed by atoms with Gasteiger partial charge in [-0.15, -0.1) is 0 Å². The van der Waals surface area contributed by atoms with Gasteiger partial charge in [0.05, 0.1) is 5.57 Å². The van der Waals surface area contributed by atoms with Crippen molar-refractivity contribution in [2.24, 2.45) is 11.3 Å². The van der Waals surface area contributed by atoms with Gasteiger partial charge in [0, 0.05) is 5.03 Å². The molecule has 0 aromatic rings. The quantitative estimate of drug-likeness (QED) is 0.801. The Hall–Kier alpha value is -0.500. The molecule has 0 fully saturated rings. The molecule has 0 heterocycles. The van der Waals surface area contributed by atoms with E-state index in [1.807, 2.05) is 0 Å². The lowest BCUT2D eigenvalue weighted by Crippen LogP contribution is -2.27. The van der Waals surface area contributed by atoms with Gasteiger partial charge < -0.3 is 5.11 Å². The molecule has 0 aromatic carbocycles. The molecule has 3 heteroatoms. The maximum Gasteiger partial charge on any atom is 0.332 e. The average molecular weight is 231 g/mol. The average Bonchev–Trinajstić information content (AvgIpc) is 2.17. The van der Waals surface area contributed by atoms with Crippen LogP contribution in [-0.2, 0) is 4.79 Å². The number of allylic oxidation sites excluding steroid dienone is 1. The molecule has 1 rings (SSSR count). The van der Waals surface area contributed by atoms with Crippen molar-refractivity contribution in [2.45, 2.75) is 46.5 Å². The van der Waals surface area contributed by atoms with Gasteiger partial charge in [-0.05, 0) is 30.6 Å². The van der Waals surface area contributed by atoms with Crippen LogP contribution < -0.4 is 0 Å². The Morgan fingerprint density at radius 1 is 1.60 bits per heavy atom. The highest BCUT2D eigenvalue weighted by Gasteiger charge is 2.33. The second-order valence-corrected chi connectivity index (χ2v) is 5.43. The second kappa shape index (κ2) is 4.56. The first-order valence-electron chi connectivity index (χ1n) is 5.49. The first kappa shape index (κ1) is 12.6. The molecule has 0 bridgehead atoms. The molecule has 1 aliphatic carbocycles. The van der Waals surface area contributed by atoms with Crippen molar-refractivity contribution in [1.29, 1.82) is 0 Å². The maximum atomic E-state index is 11.0. The zero-order valence-corrected chi connectivity index (χ0v) is 10.4. The van der Waals surface area contributed by atoms with Crippen LogP contribution in [-0.4, -0.2) is 11.1 Å². The number of carboxylic acids is 1. The summed E-state index contributed by atoms with van der Waals surface area (Å²) in [4.78, 5) is 11.0. The van der Waals surface area contributed by atoms with E-state index in [4.69, 9.17) is 16.7 Å². The van der Waals surface area contributed by atoms with Crippen molar-refractivity contribution in [1.82, 2.24) is 0 Å². The molecule has 1 N–H and O–H groups in total. The first-order chi connectivity index (χ1) is 6.88. The van der Waals surface area contributed by atoms with Crippen LogP contribution in [0.15, 0.2) is 10.6 Å². The van der Waals surface area contributed by atoms with Gasteiger partial charge in [-0.3, -0.25) is 0 Å². The zero-order chi connectivity index (χ0) is 11.6. The number of rotatable bonds is 3. The van der Waals surface area contributed by atoms with Crippen LogP contribution in [0, 0.1) is 11.3 Å². The maximum absolute atomic E-state index is 11.0. The normalized spacial score (nSPS) is 23.1. The Kier molecular flexibility index (Phi) is 3.82. The summed E-state index contributed by atoms with van der Waals surface area (Å²) in [7, 11) is 0. The van der Waals surface area contributed by atoms with Gasteiger partial charge in [0.25, 0.3) is 0 Å². The van der Waals surface area contributed by atoms with E-state index in [-0.39, 0.29) is 5.41 Å². The number of hydrogen-bond acceptors (Lipinski definition) is 1. The minimum absolute atomic E-state index is 0.207. The third kappa shape index (κ3) is 2.75. The van der Waals surface area contributed by atoms with Crippen molar-refractivity contribution in [3.63, 3.8) is 0 Å². The Balaban J connectivity index is 2.84. The molecule has 1 unspecified atom stereocenters. The van der Waals surface area contributed by atoms with Crippen LogP contribution >= 0.6 is 11.6 Å². The number of halogens is 1. The van der Waals surface area contributed by atoms with Crippen molar-refractivity contribution in [2.75, 3.05) is 0 Å². The van der Waals surface area contributed by atoms with E-state index in [1.54, 1.807) is 0 Å². The molecule has 15 heavy (non-hydrogen) atoms. The van der Waals surface area contributed by atoms with E-state index >= 15 is 0 Å². The predicted molar refractivity (Wildman–Crippen MR) is 61.9 cm³/mol. The Labute approximate surface area is 96.3 Å². The molecule has 1 atom stereocenters. The van der Waals surface area contributed by atoms with Crippen LogP contribution in [0.3, 0.4) is 0 Å². The Bertz CT molecular complexity index is 292. The fraction of sp³-hybridized carbons (Fsp3) is 0.750. The summed E-state index contributed by atoms with van der Waals surface area (Å²) in [5, 5.41) is 9.57. The highest BCUT2D eigenvalue weighted by atomic mass is 35.5. The van der Waals surface area contributed by atoms with Crippen molar-refractivity contribution < 1.29 is 9.90 Å². The third-order valence-corrected chi connectivity index (χ3v) is 4.18. The van der Waals surface area contributed by atoms with Gasteiger partial charge in [0.1, 0.15) is 0 Å². The minimum Gasteiger partial charge on any atom is -0.478 e. The molecule has 0 amide bonds. The summed E-state index contributed by atoms with van der Waals surface area (Å²) in [5.74, 6) is -0.410. The van der Waals surface area contributed by atoms with Gasteiger partial charge in [0.15, 0.2) is 0 Å². The van der Waals surface area contributed by atoms with Crippen molar-refractivity contribution in [3.05, 3.63) is 10.6 Å². The summed E-state index contributed by atoms with van der Waals surface area (Å²) < 4.78 is 0. The molecule has 0 saturated carbocycles. The second-order valence-electron chi connectivity index (χ2n) is 4.97. The minimum atomic E-state index is -0.850. The zero-order valence-electron chi connectivity index (χ0n) is 9.64. The largest absolute Gasteiger partial charge is 0.478 e. The number of carbonyl (C=O) groups is 1. The summed E-state index contributed by atoms with van der Waals surface area (Å²) >= 11 is 5.94. The van der Waals surface area contributed by atoms with E-state index < -0.39 is 5.97 Å². The molecule has 86 valence electrons. The lowest BCUT2D eigenvalue weighted by molar-refractivity contribution is -0.133. The monoisotopic (exact) mass is 230 g/mol. The fourth-order valence-corrected chi connectivity index (χ4v) is 2.34. The highest BCUT2D eigenvalue weighted by Crippen LogP contribution is 2.43. The molecule has 0 spiro atoms. The molecule has 0 saturated heterocycles. The summed E-state index contributed by atoms with van der Waals surface area (Å²) in [6.07, 6.45) is 3.42. The molecule has 0 radical (unpaired) electrons. The third-order valence-electron chi connectivity index (χ3n) is 3.76. The van der Waals surface area contributed by atoms with Gasteiger partial charge >= 0.3 is 5.97 Å². The Morgan fingerprint density at radius 3 is 2.67 bits per heavy atom. The number of aliphatic carboxylic acids is 1. The SMILES string of the molecule is CCC(C)(C)C1CCC(Cl)=C(C(=O)O)C1. The molecule has 2 nitrogen and oxygen atoms in total. The molecular formula is C12H19ClO2. The van der Waals surface area contributed by atoms with E-state index in [1.165, 1.54) is 0 Å². The molecule has 1 aliphatic rings. The van der Waals surface area contributed by atoms with Crippen LogP contribution in [0.5, 0.6) is 0 Å². The summed E-state index contributed by atoms with van der Waals surface area (Å²) in [6.45, 7) is 6.56. The van der Waals surface area contributed by atoms with E-state index in [9.17, 15) is 4.79 Å². The van der Waals surface area contributed by atoms with Crippen molar-refractivity contribution in [3.8, 4) is 0 Å². The smallest absolute Gasteiger partial charge is 0.332 e. The molecule has 0 aromatic heterocycles. The molecule has 0 aliphatic heterocycles. The molecular weight excluding hydrogens is 212 g/mol. The van der Waals surface area contributed by atoms with E-state index in [2.05, 4.69) is 20.8 Å². The van der Waals surface area contributed by atoms with Crippen molar-refractivity contribution >= 4 is 17.6 Å². The predicted octanol–water partition coefficient (Wildman–Crippen LogP) is 3.80.